The van der Waals surface area contributed by atoms with E-state index in [0.717, 1.165) is 23.4 Å². The van der Waals surface area contributed by atoms with E-state index < -0.39 is 34.3 Å². The minimum absolute atomic E-state index is 0.0136. The molecule has 0 spiro atoms. The highest BCUT2D eigenvalue weighted by molar-refractivity contribution is 7.92. The largest absolute Gasteiger partial charge is 0.354 e. The normalized spacial score (nSPS) is 12.2. The van der Waals surface area contributed by atoms with Crippen molar-refractivity contribution in [1.29, 1.82) is 0 Å². The molecule has 0 aliphatic carbocycles. The van der Waals surface area contributed by atoms with Gasteiger partial charge in [-0.2, -0.15) is 0 Å². The summed E-state index contributed by atoms with van der Waals surface area (Å²) in [6.07, 6.45) is 2.69. The summed E-state index contributed by atoms with van der Waals surface area (Å²) in [5, 5.41) is 3.22. The quantitative estimate of drug-likeness (QED) is 0.481. The molecular formula is C23H29ClFN3O4S. The summed E-state index contributed by atoms with van der Waals surface area (Å²) in [5.41, 5.74) is 0.882. The molecule has 7 nitrogen and oxygen atoms in total. The van der Waals surface area contributed by atoms with Crippen LogP contribution in [0.4, 0.5) is 10.1 Å². The second kappa shape index (κ2) is 12.0. The number of amides is 2. The van der Waals surface area contributed by atoms with Crippen molar-refractivity contribution in [3.8, 4) is 0 Å². The zero-order chi connectivity index (χ0) is 24.6. The van der Waals surface area contributed by atoms with E-state index in [4.69, 9.17) is 11.6 Å². The summed E-state index contributed by atoms with van der Waals surface area (Å²) in [5.74, 6) is -1.35. The highest BCUT2D eigenvalue weighted by Crippen LogP contribution is 2.21. The molecule has 0 aliphatic rings. The van der Waals surface area contributed by atoms with E-state index in [1.807, 2.05) is 6.92 Å². The SMILES string of the molecule is CCCCNC(=O)[C@@H](C)N(Cc1ccc(F)cc1)C(=O)CN(c1ccc(Cl)cc1)S(C)(=O)=O. The van der Waals surface area contributed by atoms with Gasteiger partial charge in [-0.25, -0.2) is 12.8 Å². The third-order valence-electron chi connectivity index (χ3n) is 5.06. The molecule has 180 valence electrons. The summed E-state index contributed by atoms with van der Waals surface area (Å²) in [7, 11) is -3.81. The van der Waals surface area contributed by atoms with Gasteiger partial charge in [0.1, 0.15) is 18.4 Å². The highest BCUT2D eigenvalue weighted by atomic mass is 35.5. The van der Waals surface area contributed by atoms with E-state index in [9.17, 15) is 22.4 Å². The molecule has 2 rings (SSSR count). The van der Waals surface area contributed by atoms with Crippen LogP contribution in [0, 0.1) is 5.82 Å². The van der Waals surface area contributed by atoms with Gasteiger partial charge in [0.2, 0.25) is 21.8 Å². The Morgan fingerprint density at radius 1 is 1.09 bits per heavy atom. The average Bonchev–Trinajstić information content (AvgIpc) is 2.76. The minimum Gasteiger partial charge on any atom is -0.354 e. The average molecular weight is 498 g/mol. The van der Waals surface area contributed by atoms with Gasteiger partial charge < -0.3 is 10.2 Å². The number of unbranched alkanes of at least 4 members (excludes halogenated alkanes) is 1. The zero-order valence-electron chi connectivity index (χ0n) is 18.9. The monoisotopic (exact) mass is 497 g/mol. The molecule has 0 aliphatic heterocycles. The Hall–Kier alpha value is -2.65. The molecule has 2 aromatic rings. The molecule has 10 heteroatoms. The molecule has 0 radical (unpaired) electrons. The first-order chi connectivity index (χ1) is 15.5. The molecule has 0 fully saturated rings. The van der Waals surface area contributed by atoms with Gasteiger partial charge in [-0.3, -0.25) is 13.9 Å². The Kier molecular flexibility index (Phi) is 9.67. The molecule has 2 amide bonds. The number of halogens is 2. The van der Waals surface area contributed by atoms with Gasteiger partial charge in [-0.1, -0.05) is 37.1 Å². The van der Waals surface area contributed by atoms with E-state index in [1.165, 1.54) is 53.4 Å². The van der Waals surface area contributed by atoms with Crippen LogP contribution in [-0.4, -0.2) is 50.5 Å². The van der Waals surface area contributed by atoms with Crippen LogP contribution in [-0.2, 0) is 26.2 Å². The first-order valence-corrected chi connectivity index (χ1v) is 12.8. The van der Waals surface area contributed by atoms with Crippen LogP contribution in [0.25, 0.3) is 0 Å². The van der Waals surface area contributed by atoms with Crippen molar-refractivity contribution in [2.45, 2.75) is 39.3 Å². The number of carbonyl (C=O) groups excluding carboxylic acids is 2. The van der Waals surface area contributed by atoms with Crippen LogP contribution in [0.5, 0.6) is 0 Å². The number of sulfonamides is 1. The Labute approximate surface area is 199 Å². The smallest absolute Gasteiger partial charge is 0.244 e. The van der Waals surface area contributed by atoms with Gasteiger partial charge in [0.15, 0.2) is 0 Å². The number of rotatable bonds is 11. The van der Waals surface area contributed by atoms with E-state index in [1.54, 1.807) is 6.92 Å². The molecular weight excluding hydrogens is 469 g/mol. The van der Waals surface area contributed by atoms with Crippen LogP contribution < -0.4 is 9.62 Å². The van der Waals surface area contributed by atoms with Gasteiger partial charge in [-0.05, 0) is 55.3 Å². The van der Waals surface area contributed by atoms with Gasteiger partial charge in [-0.15, -0.1) is 0 Å². The van der Waals surface area contributed by atoms with Gasteiger partial charge >= 0.3 is 0 Å². The third-order valence-corrected chi connectivity index (χ3v) is 6.45. The number of nitrogens with zero attached hydrogens (tertiary/aromatic N) is 2. The van der Waals surface area contributed by atoms with Crippen molar-refractivity contribution in [3.63, 3.8) is 0 Å². The maximum atomic E-state index is 13.3. The number of carbonyl (C=O) groups is 2. The minimum atomic E-state index is -3.81. The predicted molar refractivity (Wildman–Crippen MR) is 128 cm³/mol. The van der Waals surface area contributed by atoms with Crippen LogP contribution in [0.3, 0.4) is 0 Å². The molecule has 0 unspecified atom stereocenters. The summed E-state index contributed by atoms with van der Waals surface area (Å²) in [6.45, 7) is 3.55. The molecule has 0 saturated heterocycles. The Morgan fingerprint density at radius 2 is 1.70 bits per heavy atom. The summed E-state index contributed by atoms with van der Waals surface area (Å²) >= 11 is 5.90. The van der Waals surface area contributed by atoms with Crippen molar-refractivity contribution in [1.82, 2.24) is 10.2 Å². The number of hydrogen-bond acceptors (Lipinski definition) is 4. The van der Waals surface area contributed by atoms with Crippen LogP contribution >= 0.6 is 11.6 Å². The molecule has 0 aromatic heterocycles. The lowest BCUT2D eigenvalue weighted by Gasteiger charge is -2.31. The molecule has 0 heterocycles. The van der Waals surface area contributed by atoms with Crippen molar-refractivity contribution in [2.75, 3.05) is 23.7 Å². The Balaban J connectivity index is 2.32. The summed E-state index contributed by atoms with van der Waals surface area (Å²) in [6, 6.07) is 10.8. The summed E-state index contributed by atoms with van der Waals surface area (Å²) < 4.78 is 39.2. The van der Waals surface area contributed by atoms with Gasteiger partial charge in [0.25, 0.3) is 0 Å². The fraction of sp³-hybridized carbons (Fsp3) is 0.391. The van der Waals surface area contributed by atoms with Gasteiger partial charge in [0, 0.05) is 18.1 Å². The first-order valence-electron chi connectivity index (χ1n) is 10.6. The lowest BCUT2D eigenvalue weighted by Crippen LogP contribution is -2.51. The zero-order valence-corrected chi connectivity index (χ0v) is 20.5. The second-order valence-corrected chi connectivity index (χ2v) is 10.1. The van der Waals surface area contributed by atoms with E-state index in [0.29, 0.717) is 17.1 Å². The maximum absolute atomic E-state index is 13.3. The number of anilines is 1. The molecule has 33 heavy (non-hydrogen) atoms. The lowest BCUT2D eigenvalue weighted by atomic mass is 10.1. The Bertz CT molecular complexity index is 1050. The molecule has 0 saturated carbocycles. The fourth-order valence-electron chi connectivity index (χ4n) is 3.13. The standard InChI is InChI=1S/C23H29ClFN3O4S/c1-4-5-14-26-23(30)17(2)27(15-18-6-10-20(25)11-7-18)22(29)16-28(33(3,31)32)21-12-8-19(24)9-13-21/h6-13,17H,4-5,14-16H2,1-3H3,(H,26,30)/t17-/m1/s1. The van der Waals surface area contributed by atoms with E-state index in [-0.39, 0.29) is 18.1 Å². The van der Waals surface area contributed by atoms with Crippen molar-refractivity contribution in [2.24, 2.45) is 0 Å². The molecule has 1 atom stereocenters. The number of hydrogen-bond donors (Lipinski definition) is 1. The highest BCUT2D eigenvalue weighted by Gasteiger charge is 2.30. The Morgan fingerprint density at radius 3 is 2.24 bits per heavy atom. The maximum Gasteiger partial charge on any atom is 0.244 e. The predicted octanol–water partition coefficient (Wildman–Crippen LogP) is 3.58. The number of benzene rings is 2. The van der Waals surface area contributed by atoms with Gasteiger partial charge in [0.05, 0.1) is 11.9 Å². The van der Waals surface area contributed by atoms with Crippen molar-refractivity contribution < 1.29 is 22.4 Å². The van der Waals surface area contributed by atoms with Crippen LogP contribution in [0.1, 0.15) is 32.3 Å². The molecule has 0 bridgehead atoms. The first kappa shape index (κ1) is 26.6. The third kappa shape index (κ3) is 8.01. The van der Waals surface area contributed by atoms with Crippen LogP contribution in [0.15, 0.2) is 48.5 Å². The lowest BCUT2D eigenvalue weighted by molar-refractivity contribution is -0.139. The van der Waals surface area contributed by atoms with Crippen LogP contribution in [0.2, 0.25) is 5.02 Å². The molecule has 1 N–H and O–H groups in total. The van der Waals surface area contributed by atoms with Crippen molar-refractivity contribution in [3.05, 3.63) is 64.9 Å². The summed E-state index contributed by atoms with van der Waals surface area (Å²) in [4.78, 5) is 27.3. The fourth-order valence-corrected chi connectivity index (χ4v) is 4.10. The van der Waals surface area contributed by atoms with E-state index in [2.05, 4.69) is 5.32 Å². The van der Waals surface area contributed by atoms with Crippen molar-refractivity contribution >= 4 is 39.1 Å². The topological polar surface area (TPSA) is 86.8 Å². The second-order valence-electron chi connectivity index (χ2n) is 7.71. The molecule has 2 aromatic carbocycles. The van der Waals surface area contributed by atoms with E-state index >= 15 is 0 Å². The number of nitrogens with one attached hydrogen (secondary N) is 1.